The average Bonchev–Trinajstić information content (AvgIpc) is 3.33. The molecule has 0 radical (unpaired) electrons. The molecule has 2 fully saturated rings. The zero-order valence-corrected chi connectivity index (χ0v) is 18.6. The summed E-state index contributed by atoms with van der Waals surface area (Å²) < 4.78 is 5.65. The Kier molecular flexibility index (Phi) is 5.35. The lowest BCUT2D eigenvalue weighted by Gasteiger charge is -2.42. The van der Waals surface area contributed by atoms with Crippen LogP contribution in [0.1, 0.15) is 43.2 Å². The van der Waals surface area contributed by atoms with Gasteiger partial charge in [0.25, 0.3) is 0 Å². The highest BCUT2D eigenvalue weighted by Gasteiger charge is 2.50. The minimum atomic E-state index is -0.990. The fraction of sp³-hybridized carbons (Fsp3) is 0.423. The SMILES string of the molecule is CC1CN(C(=O)C2(NC(=O)OCC3c4ccccc4-c4ccccc43)CCC2)CC1C(=O)O. The second-order valence-corrected chi connectivity index (χ2v) is 9.52. The fourth-order valence-electron chi connectivity index (χ4n) is 5.51. The van der Waals surface area contributed by atoms with Gasteiger partial charge in [0, 0.05) is 19.0 Å². The molecular formula is C26H28N2O5. The predicted octanol–water partition coefficient (Wildman–Crippen LogP) is 3.63. The van der Waals surface area contributed by atoms with Crippen LogP contribution in [0.2, 0.25) is 0 Å². The molecule has 1 aliphatic heterocycles. The molecule has 0 spiro atoms. The third kappa shape index (κ3) is 3.65. The van der Waals surface area contributed by atoms with Crippen LogP contribution in [-0.2, 0) is 14.3 Å². The van der Waals surface area contributed by atoms with Crippen molar-refractivity contribution >= 4 is 18.0 Å². The number of fused-ring (bicyclic) bond motifs is 3. The Balaban J connectivity index is 1.26. The summed E-state index contributed by atoms with van der Waals surface area (Å²) in [6.07, 6.45) is 1.31. The number of carbonyl (C=O) groups excluding carboxylic acids is 2. The molecule has 5 rings (SSSR count). The van der Waals surface area contributed by atoms with Crippen LogP contribution in [0.25, 0.3) is 11.1 Å². The molecule has 1 heterocycles. The van der Waals surface area contributed by atoms with Gasteiger partial charge < -0.3 is 20.1 Å². The normalized spacial score (nSPS) is 22.8. The van der Waals surface area contributed by atoms with Crippen molar-refractivity contribution in [2.24, 2.45) is 11.8 Å². The molecule has 33 heavy (non-hydrogen) atoms. The van der Waals surface area contributed by atoms with E-state index >= 15 is 0 Å². The van der Waals surface area contributed by atoms with Crippen LogP contribution >= 0.6 is 0 Å². The van der Waals surface area contributed by atoms with Crippen LogP contribution in [0, 0.1) is 11.8 Å². The first-order valence-corrected chi connectivity index (χ1v) is 11.5. The highest BCUT2D eigenvalue weighted by atomic mass is 16.5. The number of carboxylic acids is 1. The maximum atomic E-state index is 13.2. The third-order valence-electron chi connectivity index (χ3n) is 7.52. The van der Waals surface area contributed by atoms with Crippen molar-refractivity contribution in [3.8, 4) is 11.1 Å². The Morgan fingerprint density at radius 2 is 1.64 bits per heavy atom. The summed E-state index contributed by atoms with van der Waals surface area (Å²) in [6.45, 7) is 2.61. The number of alkyl carbamates (subject to hydrolysis) is 1. The summed E-state index contributed by atoms with van der Waals surface area (Å²) in [5.74, 6) is -1.81. The van der Waals surface area contributed by atoms with Crippen LogP contribution in [-0.4, -0.2) is 53.2 Å². The summed E-state index contributed by atoms with van der Waals surface area (Å²) in [6, 6.07) is 16.3. The second-order valence-electron chi connectivity index (χ2n) is 9.52. The minimum absolute atomic E-state index is 0.0491. The van der Waals surface area contributed by atoms with Crippen molar-refractivity contribution < 1.29 is 24.2 Å². The van der Waals surface area contributed by atoms with Gasteiger partial charge in [0.2, 0.25) is 5.91 Å². The van der Waals surface area contributed by atoms with Crippen LogP contribution in [0.3, 0.4) is 0 Å². The molecule has 2 unspecified atom stereocenters. The van der Waals surface area contributed by atoms with E-state index in [2.05, 4.69) is 29.6 Å². The van der Waals surface area contributed by atoms with Gasteiger partial charge >= 0.3 is 12.1 Å². The van der Waals surface area contributed by atoms with Gasteiger partial charge in [-0.3, -0.25) is 9.59 Å². The highest BCUT2D eigenvalue weighted by Crippen LogP contribution is 2.44. The smallest absolute Gasteiger partial charge is 0.408 e. The lowest BCUT2D eigenvalue weighted by molar-refractivity contribution is -0.143. The Bertz CT molecular complexity index is 1060. The number of carboxylic acid groups (broad SMARTS) is 1. The van der Waals surface area contributed by atoms with Gasteiger partial charge in [-0.05, 0) is 47.4 Å². The maximum absolute atomic E-state index is 13.2. The van der Waals surface area contributed by atoms with Crippen molar-refractivity contribution in [2.45, 2.75) is 37.6 Å². The standard InChI is InChI=1S/C26H28N2O5/c1-16-13-28(14-21(16)23(29)30)24(31)26(11-6-12-26)27-25(32)33-15-22-19-9-4-2-7-17(19)18-8-3-5-10-20(18)22/h2-5,7-10,16,21-22H,6,11-15H2,1H3,(H,27,32)(H,29,30). The first-order chi connectivity index (χ1) is 15.9. The van der Waals surface area contributed by atoms with E-state index < -0.39 is 23.5 Å². The van der Waals surface area contributed by atoms with Crippen molar-refractivity contribution in [2.75, 3.05) is 19.7 Å². The Labute approximate surface area is 192 Å². The number of benzene rings is 2. The number of hydrogen-bond acceptors (Lipinski definition) is 4. The molecule has 2 aromatic carbocycles. The molecule has 2 aliphatic carbocycles. The van der Waals surface area contributed by atoms with E-state index in [-0.39, 0.29) is 30.9 Å². The van der Waals surface area contributed by atoms with Crippen molar-refractivity contribution in [3.63, 3.8) is 0 Å². The molecule has 172 valence electrons. The highest BCUT2D eigenvalue weighted by molar-refractivity contribution is 5.91. The molecule has 1 saturated heterocycles. The molecule has 2 aromatic rings. The molecule has 2 amide bonds. The van der Waals surface area contributed by atoms with Crippen molar-refractivity contribution in [1.82, 2.24) is 10.2 Å². The molecule has 0 aromatic heterocycles. The lowest BCUT2D eigenvalue weighted by atomic mass is 9.75. The van der Waals surface area contributed by atoms with Crippen LogP contribution in [0.4, 0.5) is 4.79 Å². The second kappa shape index (κ2) is 8.21. The number of amides is 2. The number of likely N-dealkylation sites (tertiary alicyclic amines) is 1. The molecule has 7 nitrogen and oxygen atoms in total. The number of carbonyl (C=O) groups is 3. The monoisotopic (exact) mass is 448 g/mol. The van der Waals surface area contributed by atoms with Gasteiger partial charge in [0.1, 0.15) is 12.1 Å². The zero-order chi connectivity index (χ0) is 23.2. The number of aliphatic carboxylic acids is 1. The van der Waals surface area contributed by atoms with Crippen LogP contribution in [0.5, 0.6) is 0 Å². The molecule has 2 N–H and O–H groups in total. The first-order valence-electron chi connectivity index (χ1n) is 11.5. The molecule has 7 heteroatoms. The van der Waals surface area contributed by atoms with E-state index in [4.69, 9.17) is 4.74 Å². The van der Waals surface area contributed by atoms with Gasteiger partial charge in [-0.2, -0.15) is 0 Å². The van der Waals surface area contributed by atoms with E-state index in [1.54, 1.807) is 4.90 Å². The molecule has 0 bridgehead atoms. The van der Waals surface area contributed by atoms with Gasteiger partial charge in [-0.25, -0.2) is 4.79 Å². The summed E-state index contributed by atoms with van der Waals surface area (Å²) in [5, 5.41) is 12.2. The van der Waals surface area contributed by atoms with Gasteiger partial charge in [0.05, 0.1) is 5.92 Å². The third-order valence-corrected chi connectivity index (χ3v) is 7.52. The number of hydrogen-bond donors (Lipinski definition) is 2. The van der Waals surface area contributed by atoms with Crippen molar-refractivity contribution in [3.05, 3.63) is 59.7 Å². The topological polar surface area (TPSA) is 95.9 Å². The predicted molar refractivity (Wildman–Crippen MR) is 122 cm³/mol. The van der Waals surface area contributed by atoms with Gasteiger partial charge in [-0.15, -0.1) is 0 Å². The van der Waals surface area contributed by atoms with Crippen molar-refractivity contribution in [1.29, 1.82) is 0 Å². The lowest BCUT2D eigenvalue weighted by Crippen LogP contribution is -2.63. The van der Waals surface area contributed by atoms with E-state index in [0.29, 0.717) is 19.4 Å². The molecular weight excluding hydrogens is 420 g/mol. The largest absolute Gasteiger partial charge is 0.481 e. The summed E-state index contributed by atoms with van der Waals surface area (Å²) in [5.41, 5.74) is 3.58. The number of ether oxygens (including phenoxy) is 1. The zero-order valence-electron chi connectivity index (χ0n) is 18.6. The minimum Gasteiger partial charge on any atom is -0.481 e. The Morgan fingerprint density at radius 3 is 2.15 bits per heavy atom. The number of nitrogens with one attached hydrogen (secondary N) is 1. The van der Waals surface area contributed by atoms with E-state index in [9.17, 15) is 19.5 Å². The number of nitrogens with zero attached hydrogens (tertiary/aromatic N) is 1. The fourth-order valence-corrected chi connectivity index (χ4v) is 5.51. The summed E-state index contributed by atoms with van der Waals surface area (Å²) in [7, 11) is 0. The van der Waals surface area contributed by atoms with E-state index in [0.717, 1.165) is 28.7 Å². The van der Waals surface area contributed by atoms with Gasteiger partial charge in [-0.1, -0.05) is 55.5 Å². The van der Waals surface area contributed by atoms with Crippen LogP contribution < -0.4 is 5.32 Å². The Hall–Kier alpha value is -3.35. The van der Waals surface area contributed by atoms with E-state index in [1.807, 2.05) is 31.2 Å². The Morgan fingerprint density at radius 1 is 1.03 bits per heavy atom. The van der Waals surface area contributed by atoms with Gasteiger partial charge in [0.15, 0.2) is 0 Å². The summed E-state index contributed by atoms with van der Waals surface area (Å²) in [4.78, 5) is 39.1. The first kappa shape index (κ1) is 21.5. The molecule has 2 atom stereocenters. The maximum Gasteiger partial charge on any atom is 0.408 e. The van der Waals surface area contributed by atoms with E-state index in [1.165, 1.54) is 0 Å². The summed E-state index contributed by atoms with van der Waals surface area (Å²) >= 11 is 0. The average molecular weight is 449 g/mol. The van der Waals surface area contributed by atoms with Crippen LogP contribution in [0.15, 0.2) is 48.5 Å². The number of rotatable bonds is 5. The molecule has 3 aliphatic rings. The molecule has 1 saturated carbocycles. The quantitative estimate of drug-likeness (QED) is 0.728.